The Labute approximate surface area is 158 Å². The van der Waals surface area contributed by atoms with Crippen molar-refractivity contribution < 1.29 is 14.3 Å². The van der Waals surface area contributed by atoms with E-state index in [2.05, 4.69) is 0 Å². The molecule has 2 aromatic carbocycles. The van der Waals surface area contributed by atoms with Crippen molar-refractivity contribution in [2.45, 2.75) is 20.8 Å². The van der Waals surface area contributed by atoms with Gasteiger partial charge >= 0.3 is 18.9 Å². The van der Waals surface area contributed by atoms with Crippen LogP contribution >= 0.6 is 8.58 Å². The molecule has 0 amide bonds. The summed E-state index contributed by atoms with van der Waals surface area (Å²) in [5.41, 5.74) is 4.21. The van der Waals surface area contributed by atoms with Crippen LogP contribution < -0.4 is 10.0 Å². The van der Waals surface area contributed by atoms with E-state index in [1.807, 2.05) is 57.2 Å². The van der Waals surface area contributed by atoms with Gasteiger partial charge in [-0.2, -0.15) is 0 Å². The van der Waals surface area contributed by atoms with E-state index in [1.165, 1.54) is 0 Å². The summed E-state index contributed by atoms with van der Waals surface area (Å²) < 4.78 is 10.6. The first kappa shape index (κ1) is 20.9. The zero-order chi connectivity index (χ0) is 16.8. The van der Waals surface area contributed by atoms with E-state index in [4.69, 9.17) is 9.47 Å². The van der Waals surface area contributed by atoms with E-state index < -0.39 is 0 Å². The van der Waals surface area contributed by atoms with Gasteiger partial charge in [-0.25, -0.2) is 0 Å². The number of rotatable bonds is 7. The topological polar surface area (TPSA) is 35.5 Å². The Morgan fingerprint density at radius 1 is 1.00 bits per heavy atom. The molecule has 0 heterocycles. The third kappa shape index (κ3) is 5.47. The molecule has 5 heteroatoms. The van der Waals surface area contributed by atoms with Crippen LogP contribution in [0.4, 0.5) is 0 Å². The van der Waals surface area contributed by atoms with Gasteiger partial charge in [-0.3, -0.25) is 4.79 Å². The standard InChI is InChI=1S/C19H23O3P.Li.H/c1-13-6-5-7-14(2)18(13)19(20)23-17-9-8-16(12-15(17)3)22-11-10-21-4;;/h5-9,12,23H,10-11H2,1-4H3;;. The van der Waals surface area contributed by atoms with Gasteiger partial charge in [0.1, 0.15) is 12.4 Å². The molecule has 3 nitrogen and oxygen atoms in total. The fourth-order valence-electron chi connectivity index (χ4n) is 2.47. The second-order valence-electron chi connectivity index (χ2n) is 5.54. The molecule has 0 fully saturated rings. The molecular weight excluding hydrogens is 314 g/mol. The minimum absolute atomic E-state index is 0. The van der Waals surface area contributed by atoms with Crippen molar-refractivity contribution in [2.24, 2.45) is 0 Å². The number of hydrogen-bond acceptors (Lipinski definition) is 3. The predicted octanol–water partition coefficient (Wildman–Crippen LogP) is 3.13. The molecule has 24 heavy (non-hydrogen) atoms. The van der Waals surface area contributed by atoms with Crippen molar-refractivity contribution in [1.29, 1.82) is 0 Å². The number of carbonyl (C=O) groups excluding carboxylic acids is 1. The van der Waals surface area contributed by atoms with Gasteiger partial charge in [0.15, 0.2) is 5.52 Å². The monoisotopic (exact) mass is 338 g/mol. The summed E-state index contributed by atoms with van der Waals surface area (Å²) in [6.45, 7) is 7.09. The summed E-state index contributed by atoms with van der Waals surface area (Å²) in [4.78, 5) is 12.7. The second-order valence-corrected chi connectivity index (χ2v) is 6.78. The van der Waals surface area contributed by atoms with Gasteiger partial charge in [0.05, 0.1) is 6.61 Å². The zero-order valence-corrected chi connectivity index (χ0v) is 15.1. The molecule has 2 aromatic rings. The number of ether oxygens (including phenoxy) is 2. The Bertz CT molecular complexity index is 681. The van der Waals surface area contributed by atoms with Crippen molar-refractivity contribution in [2.75, 3.05) is 20.3 Å². The van der Waals surface area contributed by atoms with Crippen LogP contribution in [-0.4, -0.2) is 44.7 Å². The molecule has 0 aliphatic heterocycles. The summed E-state index contributed by atoms with van der Waals surface area (Å²) in [5, 5.41) is 1.07. The minimum atomic E-state index is 0. The summed E-state index contributed by atoms with van der Waals surface area (Å²) >= 11 is 0. The van der Waals surface area contributed by atoms with Gasteiger partial charge in [0.25, 0.3) is 0 Å². The summed E-state index contributed by atoms with van der Waals surface area (Å²) in [7, 11) is 1.78. The van der Waals surface area contributed by atoms with Crippen LogP contribution in [-0.2, 0) is 4.74 Å². The maximum absolute atomic E-state index is 12.7. The summed E-state index contributed by atoms with van der Waals surface area (Å²) in [6.07, 6.45) is 0. The average molecular weight is 338 g/mol. The van der Waals surface area contributed by atoms with Crippen molar-refractivity contribution >= 4 is 38.3 Å². The van der Waals surface area contributed by atoms with Crippen LogP contribution in [0.5, 0.6) is 5.75 Å². The van der Waals surface area contributed by atoms with E-state index >= 15 is 0 Å². The van der Waals surface area contributed by atoms with Crippen LogP contribution in [0.3, 0.4) is 0 Å². The number of hydrogen-bond donors (Lipinski definition) is 0. The molecular formula is C19H24LiO3P. The Balaban J connectivity index is 0.00000288. The first-order valence-corrected chi connectivity index (χ1v) is 8.63. The van der Waals surface area contributed by atoms with Crippen molar-refractivity contribution in [3.8, 4) is 5.75 Å². The Morgan fingerprint density at radius 3 is 2.25 bits per heavy atom. The van der Waals surface area contributed by atoms with Crippen LogP contribution in [0.2, 0.25) is 0 Å². The maximum atomic E-state index is 12.7. The predicted molar refractivity (Wildman–Crippen MR) is 104 cm³/mol. The fraction of sp³-hybridized carbons (Fsp3) is 0.316. The van der Waals surface area contributed by atoms with Gasteiger partial charge < -0.3 is 9.47 Å². The summed E-state index contributed by atoms with van der Waals surface area (Å²) in [6, 6.07) is 11.9. The van der Waals surface area contributed by atoms with Crippen molar-refractivity contribution in [3.63, 3.8) is 0 Å². The molecule has 0 saturated carbocycles. The summed E-state index contributed by atoms with van der Waals surface area (Å²) in [5.74, 6) is 0.813. The Morgan fingerprint density at radius 2 is 1.67 bits per heavy atom. The molecule has 0 aliphatic carbocycles. The first-order chi connectivity index (χ1) is 11.0. The van der Waals surface area contributed by atoms with Crippen molar-refractivity contribution in [1.82, 2.24) is 0 Å². The van der Waals surface area contributed by atoms with E-state index in [9.17, 15) is 4.79 Å². The number of carbonyl (C=O) groups is 1. The first-order valence-electron chi connectivity index (χ1n) is 7.63. The normalized spacial score (nSPS) is 10.7. The fourth-order valence-corrected chi connectivity index (χ4v) is 3.67. The van der Waals surface area contributed by atoms with Gasteiger partial charge in [0, 0.05) is 12.7 Å². The van der Waals surface area contributed by atoms with Crippen LogP contribution in [0, 0.1) is 20.8 Å². The Hall–Kier alpha value is -1.10. The quantitative estimate of drug-likeness (QED) is 0.442. The molecule has 0 aromatic heterocycles. The molecule has 0 bridgehead atoms. The number of benzene rings is 2. The molecule has 0 aliphatic rings. The molecule has 0 saturated heterocycles. The molecule has 124 valence electrons. The number of aryl methyl sites for hydroxylation is 3. The van der Waals surface area contributed by atoms with Crippen LogP contribution in [0.15, 0.2) is 36.4 Å². The third-order valence-electron chi connectivity index (χ3n) is 3.71. The molecule has 0 radical (unpaired) electrons. The van der Waals surface area contributed by atoms with Gasteiger partial charge in [-0.05, 0) is 63.5 Å². The number of methoxy groups -OCH3 is 1. The second kappa shape index (κ2) is 10.0. The van der Waals surface area contributed by atoms with E-state index in [1.54, 1.807) is 7.11 Å². The van der Waals surface area contributed by atoms with Gasteiger partial charge in [-0.15, -0.1) is 0 Å². The third-order valence-corrected chi connectivity index (χ3v) is 5.02. The SMILES string of the molecule is COCCOc1ccc(PC(=O)c2c(C)cccc2C)c(C)c1.[LiH]. The van der Waals surface area contributed by atoms with E-state index in [-0.39, 0.29) is 33.0 Å². The van der Waals surface area contributed by atoms with Crippen LogP contribution in [0.1, 0.15) is 27.0 Å². The van der Waals surface area contributed by atoms with Crippen LogP contribution in [0.25, 0.3) is 0 Å². The molecule has 0 spiro atoms. The van der Waals surface area contributed by atoms with Gasteiger partial charge in [-0.1, -0.05) is 24.3 Å². The van der Waals surface area contributed by atoms with E-state index in [0.717, 1.165) is 33.3 Å². The molecule has 0 N–H and O–H groups in total. The Kier molecular flexibility index (Phi) is 8.74. The molecule has 1 unspecified atom stereocenters. The average Bonchev–Trinajstić information content (AvgIpc) is 2.50. The molecule has 1 atom stereocenters. The van der Waals surface area contributed by atoms with E-state index in [0.29, 0.717) is 13.2 Å². The van der Waals surface area contributed by atoms with Crippen molar-refractivity contribution in [3.05, 3.63) is 58.7 Å². The van der Waals surface area contributed by atoms with Gasteiger partial charge in [0.2, 0.25) is 0 Å². The zero-order valence-electron chi connectivity index (χ0n) is 14.1. The molecule has 2 rings (SSSR count).